The zero-order valence-electron chi connectivity index (χ0n) is 34.6. The van der Waals surface area contributed by atoms with Gasteiger partial charge in [0.15, 0.2) is 16.6 Å². The number of nitrogens with zero attached hydrogens (tertiary/aromatic N) is 1. The first-order valence-electron chi connectivity index (χ1n) is 19.1. The number of rotatable bonds is 9. The topological polar surface area (TPSA) is 74.7 Å². The third-order valence-corrected chi connectivity index (χ3v) is 21.1. The van der Waals surface area contributed by atoms with Crippen LogP contribution in [0.1, 0.15) is 120 Å². The molecule has 0 amide bonds. The normalized spacial score (nSPS) is 27.2. The van der Waals surface area contributed by atoms with Crippen molar-refractivity contribution >= 4 is 28.4 Å². The van der Waals surface area contributed by atoms with Gasteiger partial charge >= 0.3 is 5.97 Å². The first-order chi connectivity index (χ1) is 22.8. The number of carbonyl (C=O) groups excluding carboxylic acids is 2. The molecular weight excluding hydrogens is 655 g/mol. The second-order valence-corrected chi connectivity index (χ2v) is 28.3. The molecule has 0 bridgehead atoms. The molecule has 0 radical (unpaired) electrons. The number of hydrogen-bond acceptors (Lipinski definition) is 6. The van der Waals surface area contributed by atoms with Gasteiger partial charge in [-0.3, -0.25) is 14.6 Å². The number of hydrogen-bond donors (Lipinski definition) is 0. The number of ether oxygens (including phenoxy) is 1. The lowest BCUT2D eigenvalue weighted by atomic mass is 9.71. The van der Waals surface area contributed by atoms with Crippen LogP contribution in [0.5, 0.6) is 0 Å². The average molecular weight is 728 g/mol. The summed E-state index contributed by atoms with van der Waals surface area (Å²) in [7, 11) is -4.67. The van der Waals surface area contributed by atoms with E-state index in [0.29, 0.717) is 19.3 Å². The zero-order chi connectivity index (χ0) is 38.3. The molecule has 1 aromatic rings. The van der Waals surface area contributed by atoms with E-state index in [-0.39, 0.29) is 52.3 Å². The van der Waals surface area contributed by atoms with Crippen LogP contribution in [0.3, 0.4) is 0 Å². The van der Waals surface area contributed by atoms with E-state index in [1.54, 1.807) is 0 Å². The molecule has 2 rings (SSSR count). The Morgan fingerprint density at radius 3 is 2.18 bits per heavy atom. The van der Waals surface area contributed by atoms with E-state index in [2.05, 4.69) is 106 Å². The Balaban J connectivity index is 2.70. The lowest BCUT2D eigenvalue weighted by Crippen LogP contribution is -2.55. The molecule has 50 heavy (non-hydrogen) atoms. The monoisotopic (exact) mass is 728 g/mol. The third kappa shape index (κ3) is 12.1. The second-order valence-electron chi connectivity index (χ2n) is 18.8. The van der Waals surface area contributed by atoms with E-state index in [0.717, 1.165) is 25.0 Å². The summed E-state index contributed by atoms with van der Waals surface area (Å²) in [4.78, 5) is 33.8. The van der Waals surface area contributed by atoms with Gasteiger partial charge in [0.2, 0.25) is 0 Å². The summed E-state index contributed by atoms with van der Waals surface area (Å²) < 4.78 is 20.7. The number of pyridine rings is 1. The van der Waals surface area contributed by atoms with Crippen molar-refractivity contribution in [1.82, 2.24) is 4.98 Å². The lowest BCUT2D eigenvalue weighted by molar-refractivity contribution is -0.157. The molecule has 1 unspecified atom stereocenters. The minimum Gasteiger partial charge on any atom is -0.462 e. The van der Waals surface area contributed by atoms with Crippen LogP contribution in [0, 0.1) is 23.2 Å². The van der Waals surface area contributed by atoms with Crippen LogP contribution < -0.4 is 0 Å². The molecule has 0 N–H and O–H groups in total. The number of carbonyl (C=O) groups is 2. The van der Waals surface area contributed by atoms with E-state index in [9.17, 15) is 4.79 Å². The van der Waals surface area contributed by atoms with Gasteiger partial charge < -0.3 is 13.6 Å². The molecule has 284 valence electrons. The lowest BCUT2D eigenvalue weighted by Gasteiger charge is -2.47. The van der Waals surface area contributed by atoms with E-state index in [1.165, 1.54) is 5.57 Å². The van der Waals surface area contributed by atoms with Gasteiger partial charge in [-0.15, -0.1) is 6.58 Å². The van der Waals surface area contributed by atoms with E-state index in [4.69, 9.17) is 13.6 Å². The van der Waals surface area contributed by atoms with Crippen molar-refractivity contribution in [3.8, 4) is 0 Å². The molecule has 0 fully saturated rings. The van der Waals surface area contributed by atoms with Crippen LogP contribution in [-0.4, -0.2) is 51.7 Å². The summed E-state index contributed by atoms with van der Waals surface area (Å²) in [5.41, 5.74) is 1.28. The van der Waals surface area contributed by atoms with Crippen LogP contribution >= 0.6 is 0 Å². The Morgan fingerprint density at radius 2 is 1.64 bits per heavy atom. The summed E-state index contributed by atoms with van der Waals surface area (Å²) >= 11 is 0. The minimum absolute atomic E-state index is 0.00484. The van der Waals surface area contributed by atoms with E-state index in [1.807, 2.05) is 44.3 Å². The van der Waals surface area contributed by atoms with Gasteiger partial charge in [0.25, 0.3) is 0 Å². The molecule has 1 aliphatic heterocycles. The molecule has 0 aliphatic carbocycles. The maximum absolute atomic E-state index is 15.2. The highest BCUT2D eigenvalue weighted by Crippen LogP contribution is 2.45. The standard InChI is InChI=1S/C42H73NO5Si2/c1-17-21-34-38(48-50(15,16)41(8,9)10)31(3)23-20-22-30(2)25-26-35(32(4)28-33-24-18-19-27-43-33)46-37(44)29-36(42(11,12)39(34)45)47-49(13,14)40(5,6)7/h17-19,24-25,27,31-32,34-36,38H,1,20-23,26,28-29H2,2-16H3/b30-25-/t31-,32?,34+,35-,36-,38-/m0/s1. The number of ketones is 1. The van der Waals surface area contributed by atoms with Crippen molar-refractivity contribution in [2.24, 2.45) is 23.2 Å². The van der Waals surface area contributed by atoms with Crippen molar-refractivity contribution in [2.75, 3.05) is 0 Å². The van der Waals surface area contributed by atoms with Gasteiger partial charge in [-0.2, -0.15) is 0 Å². The SMILES string of the molecule is C=CC[C@H]1C(=O)C(C)(C)[C@@H](O[Si](C)(C)C(C)(C)C)CC(=O)O[C@H](C(C)Cc2ccccn2)C/C=C(/C)CCC[C@H](C)[C@@H]1O[Si](C)(C)C(C)(C)C. The molecular formula is C42H73NO5Si2. The van der Waals surface area contributed by atoms with E-state index >= 15 is 4.79 Å². The van der Waals surface area contributed by atoms with Crippen LogP contribution in [0.15, 0.2) is 48.7 Å². The molecule has 6 atom stereocenters. The summed E-state index contributed by atoms with van der Waals surface area (Å²) in [6.45, 7) is 36.9. The Bertz CT molecular complexity index is 1290. The van der Waals surface area contributed by atoms with Gasteiger partial charge in [0.05, 0.1) is 18.6 Å². The average Bonchev–Trinajstić information content (AvgIpc) is 2.98. The Hall–Kier alpha value is -1.88. The largest absolute Gasteiger partial charge is 0.462 e. The number of allylic oxidation sites excluding steroid dienone is 2. The molecule has 0 saturated carbocycles. The fraction of sp³-hybridized carbons (Fsp3) is 0.738. The van der Waals surface area contributed by atoms with Crippen molar-refractivity contribution in [3.05, 3.63) is 54.4 Å². The predicted molar refractivity (Wildman–Crippen MR) is 214 cm³/mol. The van der Waals surface area contributed by atoms with Crippen LogP contribution in [0.2, 0.25) is 36.3 Å². The smallest absolute Gasteiger partial charge is 0.308 e. The van der Waals surface area contributed by atoms with E-state index < -0.39 is 34.1 Å². The molecule has 0 aromatic carbocycles. The number of esters is 1. The first-order valence-corrected chi connectivity index (χ1v) is 24.9. The van der Waals surface area contributed by atoms with Crippen molar-refractivity contribution in [3.63, 3.8) is 0 Å². The van der Waals surface area contributed by atoms with Crippen LogP contribution in [-0.2, 0) is 29.6 Å². The summed E-state index contributed by atoms with van der Waals surface area (Å²) in [6, 6.07) is 5.93. The minimum atomic E-state index is -2.42. The van der Waals surface area contributed by atoms with Gasteiger partial charge in [0, 0.05) is 29.6 Å². The Labute approximate surface area is 308 Å². The number of cyclic esters (lactones) is 1. The summed E-state index contributed by atoms with van der Waals surface area (Å²) in [5, 5.41) is -0.128. The molecule has 2 heterocycles. The number of aromatic nitrogens is 1. The quantitative estimate of drug-likeness (QED) is 0.143. The van der Waals surface area contributed by atoms with Gasteiger partial charge in [0.1, 0.15) is 11.9 Å². The molecule has 0 saturated heterocycles. The van der Waals surface area contributed by atoms with Crippen LogP contribution in [0.25, 0.3) is 0 Å². The Morgan fingerprint density at radius 1 is 1.04 bits per heavy atom. The summed E-state index contributed by atoms with van der Waals surface area (Å²) in [5.74, 6) is -0.452. The molecule has 0 spiro atoms. The van der Waals surface area contributed by atoms with Gasteiger partial charge in [-0.1, -0.05) is 93.0 Å². The van der Waals surface area contributed by atoms with Crippen LogP contribution in [0.4, 0.5) is 0 Å². The predicted octanol–water partition coefficient (Wildman–Crippen LogP) is 11.3. The highest BCUT2D eigenvalue weighted by atomic mass is 28.4. The first kappa shape index (κ1) is 44.3. The maximum atomic E-state index is 15.2. The molecule has 8 heteroatoms. The fourth-order valence-electron chi connectivity index (χ4n) is 6.33. The molecule has 6 nitrogen and oxygen atoms in total. The van der Waals surface area contributed by atoms with Crippen molar-refractivity contribution < 1.29 is 23.2 Å². The highest BCUT2D eigenvalue weighted by molar-refractivity contribution is 6.74. The molecule has 1 aromatic heterocycles. The maximum Gasteiger partial charge on any atom is 0.308 e. The fourth-order valence-corrected chi connectivity index (χ4v) is 9.20. The molecule has 1 aliphatic rings. The zero-order valence-corrected chi connectivity index (χ0v) is 36.6. The third-order valence-electron chi connectivity index (χ3n) is 12.1. The van der Waals surface area contributed by atoms with Crippen molar-refractivity contribution in [2.45, 2.75) is 176 Å². The van der Waals surface area contributed by atoms with Gasteiger partial charge in [-0.05, 0) is 99.3 Å². The van der Waals surface area contributed by atoms with Crippen molar-refractivity contribution in [1.29, 1.82) is 0 Å². The second kappa shape index (κ2) is 17.8. The van der Waals surface area contributed by atoms with Gasteiger partial charge in [-0.25, -0.2) is 0 Å². The highest BCUT2D eigenvalue weighted by Gasteiger charge is 2.51. The number of Topliss-reactive ketones (excluding diaryl/α,β-unsaturated/α-hetero) is 1. The summed E-state index contributed by atoms with van der Waals surface area (Å²) in [6.07, 6.45) is 9.41. The Kier molecular flexibility index (Phi) is 15.7.